The lowest BCUT2D eigenvalue weighted by molar-refractivity contribution is -0.117. The van der Waals surface area contributed by atoms with E-state index in [0.717, 1.165) is 16.8 Å². The van der Waals surface area contributed by atoms with E-state index in [2.05, 4.69) is 10.3 Å². The minimum absolute atomic E-state index is 0.0118. The van der Waals surface area contributed by atoms with E-state index in [1.54, 1.807) is 12.1 Å². The molecule has 0 unspecified atom stereocenters. The number of hydrogen-bond acceptors (Lipinski definition) is 3. The molecule has 1 amide bonds. The van der Waals surface area contributed by atoms with Gasteiger partial charge in [0.15, 0.2) is 12.0 Å². The van der Waals surface area contributed by atoms with Gasteiger partial charge in [-0.1, -0.05) is 20.8 Å². The third-order valence-corrected chi connectivity index (χ3v) is 2.31. The highest BCUT2D eigenvalue weighted by atomic mass is 16.3. The van der Waals surface area contributed by atoms with Crippen molar-refractivity contribution in [2.45, 2.75) is 27.2 Å². The monoisotopic (exact) mass is 232 g/mol. The number of carbonyl (C=O) groups is 1. The number of fused-ring (bicyclic) bond motifs is 1. The zero-order chi connectivity index (χ0) is 12.5. The van der Waals surface area contributed by atoms with Crippen molar-refractivity contribution >= 4 is 22.7 Å². The third-order valence-electron chi connectivity index (χ3n) is 2.31. The molecule has 0 fully saturated rings. The van der Waals surface area contributed by atoms with E-state index in [1.807, 2.05) is 26.8 Å². The topological polar surface area (TPSA) is 55.1 Å². The molecule has 4 nitrogen and oxygen atoms in total. The zero-order valence-electron chi connectivity index (χ0n) is 10.3. The molecule has 0 saturated heterocycles. The Morgan fingerprint density at radius 1 is 1.41 bits per heavy atom. The summed E-state index contributed by atoms with van der Waals surface area (Å²) < 4.78 is 5.13. The van der Waals surface area contributed by atoms with Crippen LogP contribution in [0.25, 0.3) is 11.1 Å². The van der Waals surface area contributed by atoms with E-state index < -0.39 is 0 Å². The van der Waals surface area contributed by atoms with Crippen LogP contribution >= 0.6 is 0 Å². The van der Waals surface area contributed by atoms with Gasteiger partial charge in [-0.25, -0.2) is 4.98 Å². The number of anilines is 1. The second kappa shape index (κ2) is 4.20. The fourth-order valence-corrected chi connectivity index (χ4v) is 1.62. The fourth-order valence-electron chi connectivity index (χ4n) is 1.62. The van der Waals surface area contributed by atoms with E-state index in [-0.39, 0.29) is 11.3 Å². The van der Waals surface area contributed by atoms with Gasteiger partial charge >= 0.3 is 0 Å². The molecule has 2 aromatic rings. The predicted molar refractivity (Wildman–Crippen MR) is 66.7 cm³/mol. The van der Waals surface area contributed by atoms with Crippen LogP contribution in [0.5, 0.6) is 0 Å². The Kier molecular flexibility index (Phi) is 2.88. The summed E-state index contributed by atoms with van der Waals surface area (Å²) in [5, 5.41) is 2.86. The quantitative estimate of drug-likeness (QED) is 0.865. The van der Waals surface area contributed by atoms with Gasteiger partial charge in [-0.05, 0) is 23.6 Å². The Morgan fingerprint density at radius 3 is 2.88 bits per heavy atom. The standard InChI is InChI=1S/C13H16N2O2/c1-13(2,3)7-12(16)15-9-4-5-11-10(6-9)14-8-17-11/h4-6,8H,7H2,1-3H3,(H,15,16). The van der Waals surface area contributed by atoms with Gasteiger partial charge < -0.3 is 9.73 Å². The Hall–Kier alpha value is -1.84. The van der Waals surface area contributed by atoms with Crippen LogP contribution in [0.1, 0.15) is 27.2 Å². The first-order valence-corrected chi connectivity index (χ1v) is 5.57. The average molecular weight is 232 g/mol. The number of benzene rings is 1. The van der Waals surface area contributed by atoms with Gasteiger partial charge in [0.25, 0.3) is 0 Å². The highest BCUT2D eigenvalue weighted by Gasteiger charge is 2.16. The first kappa shape index (κ1) is 11.6. The number of nitrogens with one attached hydrogen (secondary N) is 1. The molecular weight excluding hydrogens is 216 g/mol. The van der Waals surface area contributed by atoms with Crippen LogP contribution < -0.4 is 5.32 Å². The molecule has 1 heterocycles. The molecule has 0 radical (unpaired) electrons. The van der Waals surface area contributed by atoms with E-state index in [0.29, 0.717) is 6.42 Å². The van der Waals surface area contributed by atoms with Gasteiger partial charge in [0, 0.05) is 12.1 Å². The first-order chi connectivity index (χ1) is 7.94. The van der Waals surface area contributed by atoms with Gasteiger partial charge in [-0.2, -0.15) is 0 Å². The van der Waals surface area contributed by atoms with Crippen molar-refractivity contribution in [2.75, 3.05) is 5.32 Å². The summed E-state index contributed by atoms with van der Waals surface area (Å²) in [5.74, 6) is 0.0142. The normalized spacial score (nSPS) is 11.7. The molecule has 0 bridgehead atoms. The summed E-state index contributed by atoms with van der Waals surface area (Å²) in [6, 6.07) is 5.42. The highest BCUT2D eigenvalue weighted by molar-refractivity contribution is 5.93. The Balaban J connectivity index is 2.10. The maximum Gasteiger partial charge on any atom is 0.224 e. The smallest absolute Gasteiger partial charge is 0.224 e. The van der Waals surface area contributed by atoms with Crippen LogP contribution in [0, 0.1) is 5.41 Å². The van der Waals surface area contributed by atoms with Crippen molar-refractivity contribution in [3.63, 3.8) is 0 Å². The summed E-state index contributed by atoms with van der Waals surface area (Å²) in [4.78, 5) is 15.8. The first-order valence-electron chi connectivity index (χ1n) is 5.57. The summed E-state index contributed by atoms with van der Waals surface area (Å²) >= 11 is 0. The molecule has 4 heteroatoms. The van der Waals surface area contributed by atoms with Crippen LogP contribution in [0.4, 0.5) is 5.69 Å². The van der Waals surface area contributed by atoms with Gasteiger partial charge in [0.2, 0.25) is 5.91 Å². The Morgan fingerprint density at radius 2 is 2.18 bits per heavy atom. The molecule has 1 aromatic carbocycles. The van der Waals surface area contributed by atoms with Gasteiger partial charge in [-0.3, -0.25) is 4.79 Å². The van der Waals surface area contributed by atoms with Crippen LogP contribution in [-0.4, -0.2) is 10.9 Å². The minimum Gasteiger partial charge on any atom is -0.443 e. The van der Waals surface area contributed by atoms with Gasteiger partial charge in [0.1, 0.15) is 5.52 Å². The number of aromatic nitrogens is 1. The summed E-state index contributed by atoms with van der Waals surface area (Å²) in [5.41, 5.74) is 2.21. The fraction of sp³-hybridized carbons (Fsp3) is 0.385. The van der Waals surface area contributed by atoms with E-state index >= 15 is 0 Å². The van der Waals surface area contributed by atoms with Crippen molar-refractivity contribution < 1.29 is 9.21 Å². The van der Waals surface area contributed by atoms with Crippen LogP contribution in [0.15, 0.2) is 29.0 Å². The molecule has 2 rings (SSSR count). The molecular formula is C13H16N2O2. The molecule has 17 heavy (non-hydrogen) atoms. The summed E-state index contributed by atoms with van der Waals surface area (Å²) in [7, 11) is 0. The lowest BCUT2D eigenvalue weighted by atomic mass is 9.92. The van der Waals surface area contributed by atoms with E-state index in [9.17, 15) is 4.79 Å². The van der Waals surface area contributed by atoms with Crippen molar-refractivity contribution in [3.05, 3.63) is 24.6 Å². The van der Waals surface area contributed by atoms with E-state index in [4.69, 9.17) is 4.42 Å². The Labute approximate surface area is 100 Å². The van der Waals surface area contributed by atoms with Crippen molar-refractivity contribution in [1.29, 1.82) is 0 Å². The van der Waals surface area contributed by atoms with Crippen LogP contribution in [0.2, 0.25) is 0 Å². The lowest BCUT2D eigenvalue weighted by Gasteiger charge is -2.17. The second-order valence-electron chi connectivity index (χ2n) is 5.32. The maximum absolute atomic E-state index is 11.7. The van der Waals surface area contributed by atoms with Crippen molar-refractivity contribution in [1.82, 2.24) is 4.98 Å². The van der Waals surface area contributed by atoms with Crippen molar-refractivity contribution in [3.8, 4) is 0 Å². The Bertz CT molecular complexity index is 538. The maximum atomic E-state index is 11.7. The SMILES string of the molecule is CC(C)(C)CC(=O)Nc1ccc2ocnc2c1. The molecule has 0 spiro atoms. The number of amides is 1. The van der Waals surface area contributed by atoms with E-state index in [1.165, 1.54) is 6.39 Å². The number of nitrogens with zero attached hydrogens (tertiary/aromatic N) is 1. The molecule has 90 valence electrons. The van der Waals surface area contributed by atoms with Crippen LogP contribution in [0.3, 0.4) is 0 Å². The van der Waals surface area contributed by atoms with Crippen molar-refractivity contribution in [2.24, 2.45) is 5.41 Å². The molecule has 0 aliphatic carbocycles. The third kappa shape index (κ3) is 3.06. The largest absolute Gasteiger partial charge is 0.443 e. The number of oxazole rings is 1. The molecule has 0 aliphatic rings. The number of rotatable bonds is 2. The average Bonchev–Trinajstić information content (AvgIpc) is 2.61. The number of hydrogen-bond donors (Lipinski definition) is 1. The highest BCUT2D eigenvalue weighted by Crippen LogP contribution is 2.21. The predicted octanol–water partition coefficient (Wildman–Crippen LogP) is 3.20. The molecule has 0 saturated carbocycles. The molecule has 1 aromatic heterocycles. The molecule has 0 aliphatic heterocycles. The molecule has 0 atom stereocenters. The minimum atomic E-state index is -0.0118. The molecule has 1 N–H and O–H groups in total. The summed E-state index contributed by atoms with van der Waals surface area (Å²) in [6.45, 7) is 6.11. The summed E-state index contributed by atoms with van der Waals surface area (Å²) in [6.07, 6.45) is 1.88. The van der Waals surface area contributed by atoms with Crippen LogP contribution in [-0.2, 0) is 4.79 Å². The lowest BCUT2D eigenvalue weighted by Crippen LogP contribution is -2.19. The van der Waals surface area contributed by atoms with Gasteiger partial charge in [-0.15, -0.1) is 0 Å². The second-order valence-corrected chi connectivity index (χ2v) is 5.32. The van der Waals surface area contributed by atoms with Gasteiger partial charge in [0.05, 0.1) is 0 Å². The zero-order valence-corrected chi connectivity index (χ0v) is 10.3. The number of carbonyl (C=O) groups excluding carboxylic acids is 1.